The zero-order valence-electron chi connectivity index (χ0n) is 7.88. The van der Waals surface area contributed by atoms with Gasteiger partial charge in [0.2, 0.25) is 0 Å². The Kier molecular flexibility index (Phi) is 5.61. The van der Waals surface area contributed by atoms with Crippen LogP contribution in [0.2, 0.25) is 0 Å². The SMILES string of the molecule is COc1ccc(C(SC)=C(I)I)cc1. The largest absolute Gasteiger partial charge is 0.497 e. The monoisotopic (exact) mass is 432 g/mol. The van der Waals surface area contributed by atoms with Gasteiger partial charge in [0.05, 0.1) is 8.70 Å². The predicted molar refractivity (Wildman–Crippen MR) is 81.5 cm³/mol. The molecule has 1 aromatic carbocycles. The third-order valence-corrected chi connectivity index (χ3v) is 4.39. The second kappa shape index (κ2) is 6.22. The van der Waals surface area contributed by atoms with E-state index in [1.807, 2.05) is 12.1 Å². The second-order valence-corrected chi connectivity index (χ2v) is 7.56. The fraction of sp³-hybridized carbons (Fsp3) is 0.200. The molecule has 1 nitrogen and oxygen atoms in total. The zero-order valence-corrected chi connectivity index (χ0v) is 13.0. The highest BCUT2D eigenvalue weighted by Gasteiger charge is 2.03. The summed E-state index contributed by atoms with van der Waals surface area (Å²) >= 11 is 6.45. The van der Waals surface area contributed by atoms with E-state index in [9.17, 15) is 0 Å². The minimum atomic E-state index is 0.901. The summed E-state index contributed by atoms with van der Waals surface area (Å²) in [5.74, 6) is 0.901. The van der Waals surface area contributed by atoms with Crippen LogP contribution in [-0.4, -0.2) is 13.4 Å². The summed E-state index contributed by atoms with van der Waals surface area (Å²) in [5.41, 5.74) is 1.25. The normalized spacial score (nSPS) is 9.71. The first-order valence-electron chi connectivity index (χ1n) is 3.92. The van der Waals surface area contributed by atoms with E-state index in [4.69, 9.17) is 4.74 Å². The maximum atomic E-state index is 5.12. The Morgan fingerprint density at radius 3 is 2.14 bits per heavy atom. The van der Waals surface area contributed by atoms with Crippen LogP contribution in [0.1, 0.15) is 5.56 Å². The number of ether oxygens (including phenoxy) is 1. The highest BCUT2D eigenvalue weighted by molar-refractivity contribution is 14.2. The summed E-state index contributed by atoms with van der Waals surface area (Å²) in [5, 5.41) is 0. The summed E-state index contributed by atoms with van der Waals surface area (Å²) in [7, 11) is 1.68. The lowest BCUT2D eigenvalue weighted by Gasteiger charge is -2.06. The van der Waals surface area contributed by atoms with Gasteiger partial charge in [-0.15, -0.1) is 11.8 Å². The van der Waals surface area contributed by atoms with Gasteiger partial charge in [-0.05, 0) is 69.1 Å². The third kappa shape index (κ3) is 3.30. The molecule has 14 heavy (non-hydrogen) atoms. The number of rotatable bonds is 3. The van der Waals surface area contributed by atoms with E-state index in [0.29, 0.717) is 0 Å². The standard InChI is InChI=1S/C10H10I2OS/c1-13-8-5-3-7(4-6-8)9(14-2)10(11)12/h3-6H,1-2H3. The molecule has 0 aliphatic rings. The number of hydrogen-bond donors (Lipinski definition) is 0. The molecular formula is C10H10I2OS. The summed E-state index contributed by atoms with van der Waals surface area (Å²) in [6.45, 7) is 0. The van der Waals surface area contributed by atoms with E-state index in [0.717, 1.165) is 5.75 Å². The molecular weight excluding hydrogens is 422 g/mol. The van der Waals surface area contributed by atoms with Gasteiger partial charge in [-0.3, -0.25) is 0 Å². The van der Waals surface area contributed by atoms with Gasteiger partial charge in [0.15, 0.2) is 0 Å². The molecule has 4 heteroatoms. The number of hydrogen-bond acceptors (Lipinski definition) is 2. The van der Waals surface area contributed by atoms with Crippen molar-refractivity contribution in [2.24, 2.45) is 0 Å². The van der Waals surface area contributed by atoms with Crippen molar-refractivity contribution in [1.82, 2.24) is 0 Å². The molecule has 0 radical (unpaired) electrons. The number of thioether (sulfide) groups is 1. The first-order valence-corrected chi connectivity index (χ1v) is 7.31. The Labute approximate surface area is 116 Å². The van der Waals surface area contributed by atoms with Crippen LogP contribution in [0.4, 0.5) is 0 Å². The number of methoxy groups -OCH3 is 1. The molecule has 0 saturated heterocycles. The van der Waals surface area contributed by atoms with Crippen molar-refractivity contribution in [2.75, 3.05) is 13.4 Å². The molecule has 0 amide bonds. The Morgan fingerprint density at radius 2 is 1.79 bits per heavy atom. The van der Waals surface area contributed by atoms with Crippen molar-refractivity contribution >= 4 is 61.8 Å². The van der Waals surface area contributed by atoms with Crippen LogP contribution >= 0.6 is 56.9 Å². The Hall–Kier alpha value is 0.570. The lowest BCUT2D eigenvalue weighted by molar-refractivity contribution is 0.415. The van der Waals surface area contributed by atoms with Crippen LogP contribution in [0, 0.1) is 0 Å². The zero-order chi connectivity index (χ0) is 10.6. The van der Waals surface area contributed by atoms with Crippen molar-refractivity contribution in [3.8, 4) is 5.75 Å². The van der Waals surface area contributed by atoms with Gasteiger partial charge >= 0.3 is 0 Å². The second-order valence-electron chi connectivity index (χ2n) is 2.52. The van der Waals surface area contributed by atoms with Gasteiger partial charge in [-0.2, -0.15) is 0 Å². The summed E-state index contributed by atoms with van der Waals surface area (Å²) in [6, 6.07) is 8.15. The highest BCUT2D eigenvalue weighted by atomic mass is 127. The van der Waals surface area contributed by atoms with E-state index >= 15 is 0 Å². The Balaban J connectivity index is 3.02. The van der Waals surface area contributed by atoms with Crippen molar-refractivity contribution in [2.45, 2.75) is 0 Å². The molecule has 0 N–H and O–H groups in total. The first kappa shape index (κ1) is 12.6. The molecule has 0 bridgehead atoms. The van der Waals surface area contributed by atoms with Gasteiger partial charge < -0.3 is 4.74 Å². The molecule has 0 aliphatic heterocycles. The molecule has 76 valence electrons. The summed E-state index contributed by atoms with van der Waals surface area (Å²) in [4.78, 5) is 1.31. The minimum Gasteiger partial charge on any atom is -0.497 e. The van der Waals surface area contributed by atoms with E-state index in [-0.39, 0.29) is 0 Å². The van der Waals surface area contributed by atoms with Crippen LogP contribution < -0.4 is 4.74 Å². The first-order chi connectivity index (χ1) is 6.69. The van der Waals surface area contributed by atoms with Crippen LogP contribution in [0.15, 0.2) is 25.9 Å². The molecule has 0 spiro atoms. The minimum absolute atomic E-state index is 0.901. The Morgan fingerprint density at radius 1 is 1.21 bits per heavy atom. The molecule has 0 aliphatic carbocycles. The van der Waals surface area contributed by atoms with Gasteiger partial charge in [-0.1, -0.05) is 12.1 Å². The van der Waals surface area contributed by atoms with E-state index < -0.39 is 0 Å². The molecule has 0 saturated carbocycles. The van der Waals surface area contributed by atoms with Gasteiger partial charge in [0.1, 0.15) is 5.75 Å². The van der Waals surface area contributed by atoms with Crippen molar-refractivity contribution < 1.29 is 4.74 Å². The van der Waals surface area contributed by atoms with Crippen molar-refractivity contribution in [3.63, 3.8) is 0 Å². The molecule has 0 unspecified atom stereocenters. The van der Waals surface area contributed by atoms with E-state index in [2.05, 4.69) is 63.6 Å². The van der Waals surface area contributed by atoms with Gasteiger partial charge in [0, 0.05) is 4.91 Å². The van der Waals surface area contributed by atoms with E-state index in [1.165, 1.54) is 12.1 Å². The van der Waals surface area contributed by atoms with E-state index in [1.54, 1.807) is 18.9 Å². The smallest absolute Gasteiger partial charge is 0.118 e. The predicted octanol–water partition coefficient (Wildman–Crippen LogP) is 4.55. The molecule has 1 aromatic rings. The molecule has 0 aromatic heterocycles. The summed E-state index contributed by atoms with van der Waals surface area (Å²) < 4.78 is 6.41. The average Bonchev–Trinajstić information content (AvgIpc) is 2.19. The average molecular weight is 432 g/mol. The molecule has 0 fully saturated rings. The Bertz CT molecular complexity index is 328. The topological polar surface area (TPSA) is 9.23 Å². The van der Waals surface area contributed by atoms with Crippen molar-refractivity contribution in [3.05, 3.63) is 31.4 Å². The molecule has 0 heterocycles. The van der Waals surface area contributed by atoms with Crippen LogP contribution in [0.5, 0.6) is 5.75 Å². The van der Waals surface area contributed by atoms with Crippen LogP contribution in [-0.2, 0) is 0 Å². The molecule has 0 atom stereocenters. The lowest BCUT2D eigenvalue weighted by atomic mass is 10.2. The van der Waals surface area contributed by atoms with Crippen molar-refractivity contribution in [1.29, 1.82) is 0 Å². The highest BCUT2D eigenvalue weighted by Crippen LogP contribution is 2.36. The fourth-order valence-electron chi connectivity index (χ4n) is 1.05. The maximum absolute atomic E-state index is 5.12. The summed E-state index contributed by atoms with van der Waals surface area (Å²) in [6.07, 6.45) is 2.09. The third-order valence-electron chi connectivity index (χ3n) is 1.73. The van der Waals surface area contributed by atoms with Crippen LogP contribution in [0.3, 0.4) is 0 Å². The van der Waals surface area contributed by atoms with Gasteiger partial charge in [-0.25, -0.2) is 0 Å². The van der Waals surface area contributed by atoms with Gasteiger partial charge in [0.25, 0.3) is 0 Å². The fourth-order valence-corrected chi connectivity index (χ4v) is 3.52. The number of halogens is 2. The number of benzene rings is 1. The maximum Gasteiger partial charge on any atom is 0.118 e. The quantitative estimate of drug-likeness (QED) is 0.649. The molecule has 1 rings (SSSR count). The van der Waals surface area contributed by atoms with Crippen LogP contribution in [0.25, 0.3) is 4.91 Å². The lowest BCUT2D eigenvalue weighted by Crippen LogP contribution is -1.84.